The van der Waals surface area contributed by atoms with E-state index in [1.165, 1.54) is 13.3 Å². The number of hydrazone groups is 1. The minimum atomic E-state index is -0.499. The van der Waals surface area contributed by atoms with E-state index in [0.29, 0.717) is 22.4 Å². The molecule has 8 heteroatoms. The lowest BCUT2D eigenvalue weighted by Crippen LogP contribution is -2.18. The van der Waals surface area contributed by atoms with Crippen LogP contribution in [0.1, 0.15) is 26.3 Å². The molecule has 0 saturated carbocycles. The third-order valence-electron chi connectivity index (χ3n) is 3.95. The Hall–Kier alpha value is -2.72. The number of rotatable bonds is 6. The molecule has 0 spiro atoms. The second-order valence-corrected chi connectivity index (χ2v) is 8.07. The van der Waals surface area contributed by atoms with E-state index < -0.39 is 5.97 Å². The number of carbonyl (C=O) groups excluding carboxylic acids is 2. The first-order valence-electron chi connectivity index (χ1n) is 8.71. The lowest BCUT2D eigenvalue weighted by molar-refractivity contribution is 0.0729. The van der Waals surface area contributed by atoms with Crippen molar-refractivity contribution < 1.29 is 19.1 Å². The first-order valence-corrected chi connectivity index (χ1v) is 10.6. The molecule has 0 aliphatic rings. The highest BCUT2D eigenvalue weighted by Crippen LogP contribution is 2.28. The molecular formula is C22H16BrIN2O4. The Bertz CT molecular complexity index is 1120. The normalized spacial score (nSPS) is 10.6. The fraction of sp³-hybridized carbons (Fsp3) is 0.0455. The van der Waals surface area contributed by atoms with E-state index in [0.717, 1.165) is 8.04 Å². The summed E-state index contributed by atoms with van der Waals surface area (Å²) in [5, 5.41) is 3.99. The van der Waals surface area contributed by atoms with Gasteiger partial charge in [0.1, 0.15) is 0 Å². The number of hydrogen-bond donors (Lipinski definition) is 1. The standard InChI is InChI=1S/C22H16BrIN2O4/c1-29-20-11-14(13-25-26-21(27)17-7-2-3-8-18(17)24)9-10-19(20)30-22(28)15-5-4-6-16(23)12-15/h2-13H,1H3,(H,26,27)/b25-13+. The lowest BCUT2D eigenvalue weighted by Gasteiger charge is -2.10. The third kappa shape index (κ3) is 5.67. The fourth-order valence-corrected chi connectivity index (χ4v) is 3.53. The predicted molar refractivity (Wildman–Crippen MR) is 126 cm³/mol. The van der Waals surface area contributed by atoms with Crippen LogP contribution in [-0.4, -0.2) is 25.2 Å². The molecule has 0 unspecified atom stereocenters. The molecule has 3 aromatic carbocycles. The summed E-state index contributed by atoms with van der Waals surface area (Å²) in [5.74, 6) is -0.155. The van der Waals surface area contributed by atoms with Crippen LogP contribution in [0.25, 0.3) is 0 Å². The van der Waals surface area contributed by atoms with Crippen molar-refractivity contribution in [1.29, 1.82) is 0 Å². The van der Waals surface area contributed by atoms with Crippen LogP contribution in [0.15, 0.2) is 76.3 Å². The predicted octanol–water partition coefficient (Wildman–Crippen LogP) is 5.05. The van der Waals surface area contributed by atoms with Gasteiger partial charge in [-0.1, -0.05) is 34.1 Å². The molecule has 0 aromatic heterocycles. The van der Waals surface area contributed by atoms with E-state index in [1.54, 1.807) is 48.5 Å². The highest BCUT2D eigenvalue weighted by molar-refractivity contribution is 14.1. The van der Waals surface area contributed by atoms with E-state index in [4.69, 9.17) is 9.47 Å². The van der Waals surface area contributed by atoms with Gasteiger partial charge in [0.15, 0.2) is 11.5 Å². The number of hydrogen-bond acceptors (Lipinski definition) is 5. The van der Waals surface area contributed by atoms with Gasteiger partial charge in [0, 0.05) is 8.04 Å². The molecule has 0 fully saturated rings. The molecule has 6 nitrogen and oxygen atoms in total. The van der Waals surface area contributed by atoms with Crippen LogP contribution in [0.5, 0.6) is 11.5 Å². The Morgan fingerprint density at radius 2 is 1.83 bits per heavy atom. The number of amides is 1. The Kier molecular flexibility index (Phi) is 7.58. The van der Waals surface area contributed by atoms with Gasteiger partial charge in [0.05, 0.1) is 24.5 Å². The zero-order chi connectivity index (χ0) is 21.5. The maximum atomic E-state index is 12.4. The molecule has 3 aromatic rings. The van der Waals surface area contributed by atoms with Crippen LogP contribution < -0.4 is 14.9 Å². The Labute approximate surface area is 195 Å². The Morgan fingerprint density at radius 1 is 1.03 bits per heavy atom. The maximum absolute atomic E-state index is 12.4. The second-order valence-electron chi connectivity index (χ2n) is 5.99. The number of nitrogens with one attached hydrogen (secondary N) is 1. The summed E-state index contributed by atoms with van der Waals surface area (Å²) < 4.78 is 12.4. The summed E-state index contributed by atoms with van der Waals surface area (Å²) in [6.45, 7) is 0. The zero-order valence-electron chi connectivity index (χ0n) is 15.8. The molecule has 0 radical (unpaired) electrons. The van der Waals surface area contributed by atoms with Crippen LogP contribution in [0, 0.1) is 3.57 Å². The highest BCUT2D eigenvalue weighted by Gasteiger charge is 2.13. The Morgan fingerprint density at radius 3 is 2.57 bits per heavy atom. The first-order chi connectivity index (χ1) is 14.5. The summed E-state index contributed by atoms with van der Waals surface area (Å²) in [7, 11) is 1.48. The van der Waals surface area contributed by atoms with Crippen LogP contribution in [-0.2, 0) is 0 Å². The minimum absolute atomic E-state index is 0.280. The second kappa shape index (κ2) is 10.4. The van der Waals surface area contributed by atoms with Crippen molar-refractivity contribution in [1.82, 2.24) is 5.43 Å². The molecule has 1 amide bonds. The fourth-order valence-electron chi connectivity index (χ4n) is 2.49. The van der Waals surface area contributed by atoms with E-state index in [-0.39, 0.29) is 11.7 Å². The number of carbonyl (C=O) groups is 2. The van der Waals surface area contributed by atoms with Gasteiger partial charge >= 0.3 is 5.97 Å². The summed E-state index contributed by atoms with van der Waals surface area (Å²) in [6, 6.07) is 19.1. The summed E-state index contributed by atoms with van der Waals surface area (Å²) in [4.78, 5) is 24.6. The molecule has 0 bridgehead atoms. The molecule has 3 rings (SSSR count). The van der Waals surface area contributed by atoms with Crippen molar-refractivity contribution in [2.24, 2.45) is 5.10 Å². The molecule has 1 N–H and O–H groups in total. The van der Waals surface area contributed by atoms with Gasteiger partial charge in [-0.2, -0.15) is 5.10 Å². The number of halogens is 2. The first kappa shape index (κ1) is 22.0. The van der Waals surface area contributed by atoms with Crippen LogP contribution in [0.3, 0.4) is 0 Å². The Balaban J connectivity index is 1.69. The van der Waals surface area contributed by atoms with Crippen molar-refractivity contribution >= 4 is 56.6 Å². The van der Waals surface area contributed by atoms with E-state index in [9.17, 15) is 9.59 Å². The number of esters is 1. The van der Waals surface area contributed by atoms with Crippen molar-refractivity contribution in [2.45, 2.75) is 0 Å². The average Bonchev–Trinajstić information content (AvgIpc) is 2.74. The molecule has 30 heavy (non-hydrogen) atoms. The zero-order valence-corrected chi connectivity index (χ0v) is 19.5. The molecule has 0 atom stereocenters. The van der Waals surface area contributed by atoms with Crippen LogP contribution >= 0.6 is 38.5 Å². The van der Waals surface area contributed by atoms with E-state index in [1.807, 2.05) is 18.2 Å². The van der Waals surface area contributed by atoms with Gasteiger partial charge in [-0.25, -0.2) is 10.2 Å². The highest BCUT2D eigenvalue weighted by atomic mass is 127. The maximum Gasteiger partial charge on any atom is 0.343 e. The largest absolute Gasteiger partial charge is 0.493 e. The monoisotopic (exact) mass is 578 g/mol. The number of nitrogens with zero attached hydrogens (tertiary/aromatic N) is 1. The smallest absolute Gasteiger partial charge is 0.343 e. The summed E-state index contributed by atoms with van der Waals surface area (Å²) in [6.07, 6.45) is 1.48. The minimum Gasteiger partial charge on any atom is -0.493 e. The van der Waals surface area contributed by atoms with Gasteiger partial charge < -0.3 is 9.47 Å². The van der Waals surface area contributed by atoms with Gasteiger partial charge in [-0.15, -0.1) is 0 Å². The van der Waals surface area contributed by atoms with Crippen molar-refractivity contribution in [3.63, 3.8) is 0 Å². The molecule has 0 aliphatic heterocycles. The van der Waals surface area contributed by atoms with Gasteiger partial charge in [0.2, 0.25) is 0 Å². The number of methoxy groups -OCH3 is 1. The van der Waals surface area contributed by atoms with Crippen LogP contribution in [0.4, 0.5) is 0 Å². The topological polar surface area (TPSA) is 77.0 Å². The van der Waals surface area contributed by atoms with Gasteiger partial charge in [-0.3, -0.25) is 4.79 Å². The molecule has 0 aliphatic carbocycles. The van der Waals surface area contributed by atoms with Gasteiger partial charge in [-0.05, 0) is 76.7 Å². The molecule has 152 valence electrons. The molecule has 0 heterocycles. The SMILES string of the molecule is COc1cc(/C=N/NC(=O)c2ccccc2I)ccc1OC(=O)c1cccc(Br)c1. The van der Waals surface area contributed by atoms with Crippen molar-refractivity contribution in [3.05, 3.63) is 91.5 Å². The lowest BCUT2D eigenvalue weighted by atomic mass is 10.2. The summed E-state index contributed by atoms with van der Waals surface area (Å²) in [5.41, 5.74) is 4.11. The summed E-state index contributed by atoms with van der Waals surface area (Å²) >= 11 is 5.42. The van der Waals surface area contributed by atoms with Crippen LogP contribution in [0.2, 0.25) is 0 Å². The van der Waals surface area contributed by atoms with Crippen molar-refractivity contribution in [2.75, 3.05) is 7.11 Å². The van der Waals surface area contributed by atoms with Gasteiger partial charge in [0.25, 0.3) is 5.91 Å². The third-order valence-corrected chi connectivity index (χ3v) is 5.38. The average molecular weight is 579 g/mol. The quantitative estimate of drug-likeness (QED) is 0.146. The number of ether oxygens (including phenoxy) is 2. The molecular weight excluding hydrogens is 563 g/mol. The molecule has 0 saturated heterocycles. The van der Waals surface area contributed by atoms with E-state index in [2.05, 4.69) is 49.0 Å². The van der Waals surface area contributed by atoms with E-state index >= 15 is 0 Å². The number of benzene rings is 3. The van der Waals surface area contributed by atoms with Crippen molar-refractivity contribution in [3.8, 4) is 11.5 Å².